The lowest BCUT2D eigenvalue weighted by atomic mass is 10.1. The zero-order valence-corrected chi connectivity index (χ0v) is 13.0. The second-order valence-corrected chi connectivity index (χ2v) is 5.46. The molecule has 1 fully saturated rings. The Bertz CT molecular complexity index is 445. The van der Waals surface area contributed by atoms with E-state index in [4.69, 9.17) is 4.74 Å². The van der Waals surface area contributed by atoms with Gasteiger partial charge in [0.1, 0.15) is 6.61 Å². The summed E-state index contributed by atoms with van der Waals surface area (Å²) in [6, 6.07) is 9.78. The molecule has 0 bridgehead atoms. The van der Waals surface area contributed by atoms with Crippen LogP contribution in [0, 0.1) is 0 Å². The molecule has 0 aliphatic carbocycles. The normalized spacial score (nSPS) is 17.5. The molecule has 0 unspecified atom stereocenters. The molecule has 1 aromatic rings. The van der Waals surface area contributed by atoms with Crippen LogP contribution in [0.2, 0.25) is 0 Å². The van der Waals surface area contributed by atoms with Crippen molar-refractivity contribution >= 4 is 28.7 Å². The number of nitrogens with zero attached hydrogens (tertiary/aromatic N) is 1. The molecule has 0 aromatic heterocycles. The molecule has 0 saturated carbocycles. The van der Waals surface area contributed by atoms with E-state index in [1.165, 1.54) is 5.57 Å². The molecule has 1 saturated heterocycles. The van der Waals surface area contributed by atoms with E-state index in [9.17, 15) is 4.79 Å². The zero-order chi connectivity index (χ0) is 13.5. The molecule has 19 heavy (non-hydrogen) atoms. The summed E-state index contributed by atoms with van der Waals surface area (Å²) in [5, 5.41) is 0. The van der Waals surface area contributed by atoms with Crippen LogP contribution >= 0.6 is 22.6 Å². The van der Waals surface area contributed by atoms with Gasteiger partial charge < -0.3 is 9.64 Å². The quantitative estimate of drug-likeness (QED) is 0.460. The molecule has 0 spiro atoms. The molecule has 1 aliphatic rings. The average molecular weight is 371 g/mol. The van der Waals surface area contributed by atoms with Crippen molar-refractivity contribution in [1.29, 1.82) is 0 Å². The molecule has 1 aromatic carbocycles. The van der Waals surface area contributed by atoms with Crippen molar-refractivity contribution in [3.8, 4) is 0 Å². The van der Waals surface area contributed by atoms with E-state index in [-0.39, 0.29) is 6.09 Å². The Morgan fingerprint density at radius 2 is 2.16 bits per heavy atom. The first-order valence-electron chi connectivity index (χ1n) is 6.49. The number of rotatable bonds is 3. The molecule has 1 heterocycles. The summed E-state index contributed by atoms with van der Waals surface area (Å²) in [5.74, 6) is 0. The molecular weight excluding hydrogens is 353 g/mol. The van der Waals surface area contributed by atoms with Crippen molar-refractivity contribution in [2.45, 2.75) is 19.4 Å². The van der Waals surface area contributed by atoms with Gasteiger partial charge in [0.25, 0.3) is 0 Å². The van der Waals surface area contributed by atoms with Crippen LogP contribution in [0.1, 0.15) is 18.4 Å². The van der Waals surface area contributed by atoms with E-state index in [2.05, 4.69) is 28.7 Å². The summed E-state index contributed by atoms with van der Waals surface area (Å²) in [6.07, 6.45) is 4.13. The Morgan fingerprint density at radius 1 is 1.37 bits per heavy atom. The predicted molar refractivity (Wildman–Crippen MR) is 84.4 cm³/mol. The first kappa shape index (κ1) is 14.4. The van der Waals surface area contributed by atoms with Crippen LogP contribution in [0.3, 0.4) is 0 Å². The average Bonchev–Trinajstić information content (AvgIpc) is 2.46. The first-order chi connectivity index (χ1) is 9.29. The highest BCUT2D eigenvalue weighted by atomic mass is 127. The minimum absolute atomic E-state index is 0.206. The number of likely N-dealkylation sites (tertiary alicyclic amines) is 1. The third-order valence-electron chi connectivity index (χ3n) is 3.15. The van der Waals surface area contributed by atoms with Gasteiger partial charge in [0.05, 0.1) is 0 Å². The topological polar surface area (TPSA) is 29.5 Å². The third kappa shape index (κ3) is 4.53. The Kier molecular flexibility index (Phi) is 5.69. The smallest absolute Gasteiger partial charge is 0.410 e. The number of carbonyl (C=O) groups excluding carboxylic acids is 1. The number of amides is 1. The highest BCUT2D eigenvalue weighted by molar-refractivity contribution is 14.1. The largest absolute Gasteiger partial charge is 0.445 e. The fourth-order valence-electron chi connectivity index (χ4n) is 2.14. The summed E-state index contributed by atoms with van der Waals surface area (Å²) in [7, 11) is 0. The Morgan fingerprint density at radius 3 is 2.89 bits per heavy atom. The van der Waals surface area contributed by atoms with Crippen LogP contribution in [0.5, 0.6) is 0 Å². The highest BCUT2D eigenvalue weighted by Gasteiger charge is 2.20. The molecule has 1 aliphatic heterocycles. The molecule has 102 valence electrons. The van der Waals surface area contributed by atoms with Crippen molar-refractivity contribution in [2.75, 3.05) is 17.5 Å². The van der Waals surface area contributed by atoms with Gasteiger partial charge in [0.2, 0.25) is 0 Å². The summed E-state index contributed by atoms with van der Waals surface area (Å²) in [6.45, 7) is 1.87. The van der Waals surface area contributed by atoms with E-state index in [0.29, 0.717) is 6.61 Å². The lowest BCUT2D eigenvalue weighted by molar-refractivity contribution is 0.0953. The Labute approximate surface area is 127 Å². The number of hydrogen-bond acceptors (Lipinski definition) is 2. The maximum absolute atomic E-state index is 12.0. The number of carbonyl (C=O) groups is 1. The number of allylic oxidation sites excluding steroid dienone is 1. The van der Waals surface area contributed by atoms with Gasteiger partial charge in [-0.2, -0.15) is 0 Å². The van der Waals surface area contributed by atoms with Gasteiger partial charge in [-0.1, -0.05) is 64.6 Å². The van der Waals surface area contributed by atoms with Crippen LogP contribution in [0.15, 0.2) is 42.0 Å². The van der Waals surface area contributed by atoms with E-state index in [1.54, 1.807) is 4.90 Å². The SMILES string of the molecule is O=C(OCc1ccccc1)N1CCC/C(=C\CI)C1. The van der Waals surface area contributed by atoms with E-state index in [1.807, 2.05) is 30.3 Å². The molecule has 1 amide bonds. The van der Waals surface area contributed by atoms with Crippen LogP contribution in [-0.2, 0) is 11.3 Å². The number of halogens is 1. The zero-order valence-electron chi connectivity index (χ0n) is 10.8. The maximum Gasteiger partial charge on any atom is 0.410 e. The van der Waals surface area contributed by atoms with Gasteiger partial charge in [-0.05, 0) is 18.4 Å². The molecule has 4 heteroatoms. The number of ether oxygens (including phenoxy) is 1. The molecule has 0 radical (unpaired) electrons. The highest BCUT2D eigenvalue weighted by Crippen LogP contribution is 2.17. The van der Waals surface area contributed by atoms with Gasteiger partial charge in [0.15, 0.2) is 0 Å². The third-order valence-corrected chi connectivity index (χ3v) is 3.59. The van der Waals surface area contributed by atoms with Gasteiger partial charge in [-0.3, -0.25) is 0 Å². The number of piperidine rings is 1. The molecule has 2 rings (SSSR count). The maximum atomic E-state index is 12.0. The predicted octanol–water partition coefficient (Wildman–Crippen LogP) is 3.78. The van der Waals surface area contributed by atoms with Gasteiger partial charge in [0, 0.05) is 17.5 Å². The lowest BCUT2D eigenvalue weighted by Gasteiger charge is -2.28. The van der Waals surface area contributed by atoms with E-state index >= 15 is 0 Å². The van der Waals surface area contributed by atoms with Gasteiger partial charge >= 0.3 is 6.09 Å². The monoisotopic (exact) mass is 371 g/mol. The minimum atomic E-state index is -0.206. The molecule has 0 N–H and O–H groups in total. The summed E-state index contributed by atoms with van der Waals surface area (Å²) >= 11 is 2.33. The van der Waals surface area contributed by atoms with Crippen LogP contribution in [0.4, 0.5) is 4.79 Å². The van der Waals surface area contributed by atoms with Gasteiger partial charge in [-0.25, -0.2) is 4.79 Å². The Hall–Kier alpha value is -1.04. The number of alkyl halides is 1. The Balaban J connectivity index is 1.84. The molecule has 3 nitrogen and oxygen atoms in total. The van der Waals surface area contributed by atoms with Gasteiger partial charge in [-0.15, -0.1) is 0 Å². The van der Waals surface area contributed by atoms with E-state index < -0.39 is 0 Å². The second kappa shape index (κ2) is 7.53. The number of hydrogen-bond donors (Lipinski definition) is 0. The van der Waals surface area contributed by atoms with Crippen molar-refractivity contribution in [1.82, 2.24) is 4.90 Å². The first-order valence-corrected chi connectivity index (χ1v) is 8.01. The lowest BCUT2D eigenvalue weighted by Crippen LogP contribution is -2.37. The standard InChI is InChI=1S/C15H18INO2/c16-9-8-13-7-4-10-17(11-13)15(18)19-12-14-5-2-1-3-6-14/h1-3,5-6,8H,4,7,9-12H2/b13-8+. The fourth-order valence-corrected chi connectivity index (χ4v) is 2.77. The summed E-state index contributed by atoms with van der Waals surface area (Å²) in [4.78, 5) is 13.8. The van der Waals surface area contributed by atoms with E-state index in [0.717, 1.165) is 35.9 Å². The van der Waals surface area contributed by atoms with Crippen molar-refractivity contribution in [3.05, 3.63) is 47.5 Å². The van der Waals surface area contributed by atoms with Crippen LogP contribution < -0.4 is 0 Å². The fraction of sp³-hybridized carbons (Fsp3) is 0.400. The summed E-state index contributed by atoms with van der Waals surface area (Å²) < 4.78 is 6.35. The van der Waals surface area contributed by atoms with Crippen LogP contribution in [-0.4, -0.2) is 28.5 Å². The number of benzene rings is 1. The molecule has 0 atom stereocenters. The molecular formula is C15H18INO2. The summed E-state index contributed by atoms with van der Waals surface area (Å²) in [5.41, 5.74) is 2.37. The van der Waals surface area contributed by atoms with Crippen molar-refractivity contribution in [3.63, 3.8) is 0 Å². The van der Waals surface area contributed by atoms with Crippen LogP contribution in [0.25, 0.3) is 0 Å². The van der Waals surface area contributed by atoms with Crippen molar-refractivity contribution in [2.24, 2.45) is 0 Å². The minimum Gasteiger partial charge on any atom is -0.445 e. The van der Waals surface area contributed by atoms with Crippen molar-refractivity contribution < 1.29 is 9.53 Å². The second-order valence-electron chi connectivity index (χ2n) is 4.58.